The average molecular weight is 577 g/mol. The van der Waals surface area contributed by atoms with E-state index in [1.807, 2.05) is 0 Å². The minimum absolute atomic E-state index is 1.37. The minimum atomic E-state index is -1.83. The summed E-state index contributed by atoms with van der Waals surface area (Å²) in [5.74, 6) is 0. The van der Waals surface area contributed by atoms with Crippen LogP contribution in [-0.4, -0.2) is 32.7 Å². The molecular weight excluding hydrogens is 504 g/mol. The Balaban J connectivity index is -0.000000255. The number of carbonyl (C=O) groups is 2. The molecule has 4 N–H and O–H groups in total. The van der Waals surface area contributed by atoms with Gasteiger partial charge in [0.15, 0.2) is 0 Å². The molecule has 0 heterocycles. The van der Waals surface area contributed by atoms with Gasteiger partial charge >= 0.3 is 12.3 Å². The van der Waals surface area contributed by atoms with Gasteiger partial charge in [-0.3, -0.25) is 0 Å². The molecule has 40 heavy (non-hydrogen) atoms. The number of hydrogen-bond donors (Lipinski definition) is 4. The largest absolute Gasteiger partial charge is 0.503 e. The SMILES string of the molecule is CCCCCCCCCCCCCCCC.CCCCCCCCCCCCCCCC.O=C(O)O.O=C(O)O. The van der Waals surface area contributed by atoms with Gasteiger partial charge in [0.2, 0.25) is 0 Å². The van der Waals surface area contributed by atoms with Crippen molar-refractivity contribution >= 4 is 12.3 Å². The van der Waals surface area contributed by atoms with Crippen molar-refractivity contribution in [3.63, 3.8) is 0 Å². The van der Waals surface area contributed by atoms with E-state index in [-0.39, 0.29) is 0 Å². The fourth-order valence-electron chi connectivity index (χ4n) is 4.54. The first kappa shape index (κ1) is 45.5. The van der Waals surface area contributed by atoms with E-state index in [4.69, 9.17) is 30.0 Å². The first-order valence-corrected chi connectivity index (χ1v) is 17.1. The molecular formula is C34H72O6. The molecule has 0 fully saturated rings. The summed E-state index contributed by atoms with van der Waals surface area (Å²) in [5.41, 5.74) is 0. The van der Waals surface area contributed by atoms with Gasteiger partial charge in [0.05, 0.1) is 0 Å². The molecule has 0 aliphatic heterocycles. The topological polar surface area (TPSA) is 115 Å². The van der Waals surface area contributed by atoms with Gasteiger partial charge in [-0.25, -0.2) is 9.59 Å². The van der Waals surface area contributed by atoms with Crippen molar-refractivity contribution in [2.24, 2.45) is 0 Å². The van der Waals surface area contributed by atoms with Gasteiger partial charge in [-0.2, -0.15) is 0 Å². The second-order valence-corrected chi connectivity index (χ2v) is 11.1. The molecule has 0 unspecified atom stereocenters. The van der Waals surface area contributed by atoms with Crippen LogP contribution in [0, 0.1) is 0 Å². The molecule has 6 heteroatoms. The highest BCUT2D eigenvalue weighted by molar-refractivity contribution is 5.53. The fourth-order valence-corrected chi connectivity index (χ4v) is 4.54. The Labute approximate surface area is 249 Å². The zero-order valence-corrected chi connectivity index (χ0v) is 27.4. The number of carboxylic acid groups (broad SMARTS) is 4. The fraction of sp³-hybridized carbons (Fsp3) is 0.941. The van der Waals surface area contributed by atoms with E-state index < -0.39 is 12.3 Å². The maximum atomic E-state index is 8.56. The van der Waals surface area contributed by atoms with Crippen LogP contribution in [0.15, 0.2) is 0 Å². The van der Waals surface area contributed by atoms with Gasteiger partial charge in [0.1, 0.15) is 0 Å². The van der Waals surface area contributed by atoms with Crippen molar-refractivity contribution in [1.82, 2.24) is 0 Å². The standard InChI is InChI=1S/2C16H34.2CH2O3/c2*1-3-5-7-9-11-13-15-16-14-12-10-8-6-4-2;2*2-1(3)4/h2*3-16H2,1-2H3;2*(H2,2,3,4). The molecule has 0 saturated heterocycles. The van der Waals surface area contributed by atoms with Crippen LogP contribution < -0.4 is 0 Å². The normalized spacial score (nSPS) is 9.90. The molecule has 0 spiro atoms. The van der Waals surface area contributed by atoms with Crippen molar-refractivity contribution in [2.45, 2.75) is 207 Å². The van der Waals surface area contributed by atoms with Crippen molar-refractivity contribution in [1.29, 1.82) is 0 Å². The summed E-state index contributed by atoms with van der Waals surface area (Å²) in [5, 5.41) is 27.9. The molecule has 0 aromatic rings. The molecule has 244 valence electrons. The maximum Gasteiger partial charge on any atom is 0.503 e. The number of rotatable bonds is 26. The van der Waals surface area contributed by atoms with Gasteiger partial charge in [0.25, 0.3) is 0 Å². The highest BCUT2D eigenvalue weighted by Crippen LogP contribution is 2.14. The quantitative estimate of drug-likeness (QED) is 0.0761. The molecule has 0 aliphatic carbocycles. The van der Waals surface area contributed by atoms with E-state index in [0.29, 0.717) is 0 Å². The van der Waals surface area contributed by atoms with E-state index in [0.717, 1.165) is 0 Å². The Morgan fingerprint density at radius 1 is 0.275 bits per heavy atom. The van der Waals surface area contributed by atoms with E-state index in [1.54, 1.807) is 0 Å². The van der Waals surface area contributed by atoms with Gasteiger partial charge in [0, 0.05) is 0 Å². The van der Waals surface area contributed by atoms with Gasteiger partial charge in [-0.1, -0.05) is 207 Å². The lowest BCUT2D eigenvalue weighted by Crippen LogP contribution is -1.82. The van der Waals surface area contributed by atoms with Crippen LogP contribution in [0.1, 0.15) is 207 Å². The summed E-state index contributed by atoms with van der Waals surface area (Å²) in [7, 11) is 0. The molecule has 0 aromatic carbocycles. The first-order chi connectivity index (χ1) is 19.3. The van der Waals surface area contributed by atoms with Crippen LogP contribution in [0.5, 0.6) is 0 Å². The van der Waals surface area contributed by atoms with E-state index in [9.17, 15) is 0 Å². The van der Waals surface area contributed by atoms with Gasteiger partial charge in [-0.15, -0.1) is 0 Å². The molecule has 0 rings (SSSR count). The highest BCUT2D eigenvalue weighted by atomic mass is 16.6. The molecule has 6 nitrogen and oxygen atoms in total. The second-order valence-electron chi connectivity index (χ2n) is 11.1. The van der Waals surface area contributed by atoms with Crippen LogP contribution in [0.4, 0.5) is 9.59 Å². The van der Waals surface area contributed by atoms with Crippen LogP contribution in [0.25, 0.3) is 0 Å². The average Bonchev–Trinajstić information content (AvgIpc) is 2.90. The Morgan fingerprint density at radius 2 is 0.350 bits per heavy atom. The summed E-state index contributed by atoms with van der Waals surface area (Å²) in [6.07, 6.45) is 37.2. The summed E-state index contributed by atoms with van der Waals surface area (Å²) in [6, 6.07) is 0. The highest BCUT2D eigenvalue weighted by Gasteiger charge is 1.94. The summed E-state index contributed by atoms with van der Waals surface area (Å²) >= 11 is 0. The number of unbranched alkanes of at least 4 members (excludes halogenated alkanes) is 26. The Bertz CT molecular complexity index is 366. The molecule has 0 aromatic heterocycles. The lowest BCUT2D eigenvalue weighted by molar-refractivity contribution is 0.135. The third-order valence-electron chi connectivity index (χ3n) is 6.91. The summed E-state index contributed by atoms with van der Waals surface area (Å²) in [6.45, 7) is 9.16. The van der Waals surface area contributed by atoms with Gasteiger partial charge in [-0.05, 0) is 0 Å². The van der Waals surface area contributed by atoms with Gasteiger partial charge < -0.3 is 20.4 Å². The minimum Gasteiger partial charge on any atom is -0.450 e. The van der Waals surface area contributed by atoms with Crippen LogP contribution >= 0.6 is 0 Å². The predicted octanol–water partition coefficient (Wildman–Crippen LogP) is 13.4. The molecule has 0 saturated carbocycles. The first-order valence-electron chi connectivity index (χ1n) is 17.1. The Morgan fingerprint density at radius 3 is 0.425 bits per heavy atom. The maximum absolute atomic E-state index is 8.56. The zero-order chi connectivity index (χ0) is 31.0. The van der Waals surface area contributed by atoms with Crippen molar-refractivity contribution in [3.05, 3.63) is 0 Å². The van der Waals surface area contributed by atoms with Crippen molar-refractivity contribution < 1.29 is 30.0 Å². The summed E-state index contributed by atoms with van der Waals surface area (Å²) in [4.78, 5) is 17.1. The van der Waals surface area contributed by atoms with Crippen LogP contribution in [0.3, 0.4) is 0 Å². The zero-order valence-electron chi connectivity index (χ0n) is 27.4. The van der Waals surface area contributed by atoms with Crippen molar-refractivity contribution in [2.75, 3.05) is 0 Å². The van der Waals surface area contributed by atoms with E-state index in [2.05, 4.69) is 27.7 Å². The second kappa shape index (κ2) is 47.3. The Kier molecular flexibility index (Phi) is 53.9. The Hall–Kier alpha value is -1.46. The molecule has 0 radical (unpaired) electrons. The third-order valence-corrected chi connectivity index (χ3v) is 6.91. The molecule has 0 atom stereocenters. The predicted molar refractivity (Wildman–Crippen MR) is 173 cm³/mol. The van der Waals surface area contributed by atoms with E-state index in [1.165, 1.54) is 180 Å². The lowest BCUT2D eigenvalue weighted by atomic mass is 10.0. The molecule has 0 bridgehead atoms. The lowest BCUT2D eigenvalue weighted by Gasteiger charge is -2.02. The molecule has 0 amide bonds. The number of hydrogen-bond acceptors (Lipinski definition) is 2. The van der Waals surface area contributed by atoms with Crippen LogP contribution in [-0.2, 0) is 0 Å². The smallest absolute Gasteiger partial charge is 0.450 e. The monoisotopic (exact) mass is 577 g/mol. The summed E-state index contributed by atoms with van der Waals surface area (Å²) < 4.78 is 0. The third kappa shape index (κ3) is 76.6. The molecule has 0 aliphatic rings. The van der Waals surface area contributed by atoms with E-state index >= 15 is 0 Å². The van der Waals surface area contributed by atoms with Crippen LogP contribution in [0.2, 0.25) is 0 Å². The van der Waals surface area contributed by atoms with Crippen molar-refractivity contribution in [3.8, 4) is 0 Å².